The van der Waals surface area contributed by atoms with Crippen molar-refractivity contribution < 1.29 is 9.84 Å². The molecule has 3 heteroatoms. The maximum atomic E-state index is 10.2. The topological polar surface area (TPSA) is 42.4 Å². The molecule has 0 aliphatic rings. The highest BCUT2D eigenvalue weighted by molar-refractivity contribution is 5.15. The molecule has 1 N–H and O–H groups in total. The molecule has 0 fully saturated rings. The van der Waals surface area contributed by atoms with Crippen LogP contribution in [-0.4, -0.2) is 29.4 Å². The van der Waals surface area contributed by atoms with E-state index in [4.69, 9.17) is 4.74 Å². The van der Waals surface area contributed by atoms with E-state index in [9.17, 15) is 5.11 Å². The molecule has 0 saturated heterocycles. The monoisotopic (exact) mass is 223 g/mol. The summed E-state index contributed by atoms with van der Waals surface area (Å²) in [6.07, 6.45) is 4.07. The number of hydrogen-bond donors (Lipinski definition) is 1. The third-order valence-corrected chi connectivity index (χ3v) is 2.88. The van der Waals surface area contributed by atoms with E-state index in [0.717, 1.165) is 12.1 Å². The fourth-order valence-electron chi connectivity index (χ4n) is 1.65. The zero-order valence-electron chi connectivity index (χ0n) is 10.4. The van der Waals surface area contributed by atoms with Crippen LogP contribution < -0.4 is 0 Å². The molecule has 1 unspecified atom stereocenters. The molecule has 0 saturated carbocycles. The zero-order chi connectivity index (χ0) is 12.0. The van der Waals surface area contributed by atoms with Crippen molar-refractivity contribution in [3.8, 4) is 0 Å². The molecule has 0 bridgehead atoms. The lowest BCUT2D eigenvalue weighted by atomic mass is 9.95. The summed E-state index contributed by atoms with van der Waals surface area (Å²) < 4.78 is 5.04. The second-order valence-electron chi connectivity index (χ2n) is 4.20. The van der Waals surface area contributed by atoms with E-state index in [0.29, 0.717) is 19.4 Å². The molecule has 0 radical (unpaired) electrons. The van der Waals surface area contributed by atoms with Crippen LogP contribution in [0.5, 0.6) is 0 Å². The van der Waals surface area contributed by atoms with Gasteiger partial charge in [0.15, 0.2) is 0 Å². The fourth-order valence-corrected chi connectivity index (χ4v) is 1.65. The molecule has 90 valence electrons. The molecule has 0 amide bonds. The van der Waals surface area contributed by atoms with Crippen molar-refractivity contribution in [2.45, 2.75) is 38.7 Å². The number of nitrogens with zero attached hydrogens (tertiary/aromatic N) is 1. The molecule has 0 spiro atoms. The van der Waals surface area contributed by atoms with Gasteiger partial charge in [-0.2, -0.15) is 0 Å². The summed E-state index contributed by atoms with van der Waals surface area (Å²) in [5.41, 5.74) is 1.34. The molecule has 16 heavy (non-hydrogen) atoms. The van der Waals surface area contributed by atoms with Crippen LogP contribution in [0, 0.1) is 0 Å². The molecular weight excluding hydrogens is 202 g/mol. The van der Waals surface area contributed by atoms with Crippen LogP contribution in [0.15, 0.2) is 18.3 Å². The van der Waals surface area contributed by atoms with Gasteiger partial charge in [-0.05, 0) is 24.5 Å². The second-order valence-corrected chi connectivity index (χ2v) is 4.20. The van der Waals surface area contributed by atoms with E-state index in [2.05, 4.69) is 18.0 Å². The first-order valence-corrected chi connectivity index (χ1v) is 5.78. The minimum absolute atomic E-state index is 0.348. The largest absolute Gasteiger partial charge is 0.387 e. The van der Waals surface area contributed by atoms with Gasteiger partial charge in [-0.25, -0.2) is 0 Å². The third-order valence-electron chi connectivity index (χ3n) is 2.88. The van der Waals surface area contributed by atoms with Gasteiger partial charge >= 0.3 is 0 Å². The Bertz CT molecular complexity index is 310. The van der Waals surface area contributed by atoms with Crippen molar-refractivity contribution in [2.24, 2.45) is 0 Å². The lowest BCUT2D eigenvalue weighted by molar-refractivity contribution is -0.0339. The third kappa shape index (κ3) is 3.58. The average Bonchev–Trinajstić information content (AvgIpc) is 2.30. The quantitative estimate of drug-likeness (QED) is 0.801. The Hall–Kier alpha value is -0.930. The average molecular weight is 223 g/mol. The van der Waals surface area contributed by atoms with E-state index in [1.807, 2.05) is 19.2 Å². The van der Waals surface area contributed by atoms with Crippen LogP contribution >= 0.6 is 0 Å². The maximum Gasteiger partial charge on any atom is 0.0932 e. The predicted octanol–water partition coefficient (Wildman–Crippen LogP) is 1.97. The Labute approximate surface area is 97.5 Å². The Morgan fingerprint density at radius 2 is 2.12 bits per heavy atom. The van der Waals surface area contributed by atoms with Gasteiger partial charge in [-0.3, -0.25) is 4.98 Å². The number of aryl methyl sites for hydroxylation is 1. The van der Waals surface area contributed by atoms with Crippen LogP contribution in [0.2, 0.25) is 0 Å². The number of aliphatic hydroxyl groups is 1. The molecule has 1 heterocycles. The first-order chi connectivity index (χ1) is 7.63. The second kappa shape index (κ2) is 5.97. The van der Waals surface area contributed by atoms with Crippen molar-refractivity contribution in [3.63, 3.8) is 0 Å². The summed E-state index contributed by atoms with van der Waals surface area (Å²) in [4.78, 5) is 4.35. The highest BCUT2D eigenvalue weighted by Crippen LogP contribution is 2.16. The van der Waals surface area contributed by atoms with Crippen molar-refractivity contribution in [1.82, 2.24) is 4.98 Å². The van der Waals surface area contributed by atoms with Gasteiger partial charge in [0.05, 0.1) is 12.2 Å². The molecule has 1 aromatic rings. The maximum absolute atomic E-state index is 10.2. The Balaban J connectivity index is 2.70. The number of aromatic nitrogens is 1. The minimum atomic E-state index is -0.796. The Morgan fingerprint density at radius 3 is 2.56 bits per heavy atom. The number of pyridine rings is 1. The Morgan fingerprint density at radius 1 is 1.38 bits per heavy atom. The van der Waals surface area contributed by atoms with Gasteiger partial charge in [-0.1, -0.05) is 19.9 Å². The molecule has 0 aliphatic carbocycles. The Kier molecular flexibility index (Phi) is 4.90. The molecule has 0 aliphatic heterocycles. The summed E-state index contributed by atoms with van der Waals surface area (Å²) in [7, 11) is 1.61. The number of rotatable bonds is 6. The molecule has 1 aromatic heterocycles. The van der Waals surface area contributed by atoms with Crippen LogP contribution in [-0.2, 0) is 17.6 Å². The van der Waals surface area contributed by atoms with Gasteiger partial charge < -0.3 is 9.84 Å². The van der Waals surface area contributed by atoms with Gasteiger partial charge in [0.25, 0.3) is 0 Å². The van der Waals surface area contributed by atoms with E-state index >= 15 is 0 Å². The van der Waals surface area contributed by atoms with Gasteiger partial charge in [0.1, 0.15) is 0 Å². The van der Waals surface area contributed by atoms with Gasteiger partial charge in [0.2, 0.25) is 0 Å². The predicted molar refractivity (Wildman–Crippen MR) is 64.4 cm³/mol. The van der Waals surface area contributed by atoms with Crippen molar-refractivity contribution in [3.05, 3.63) is 29.6 Å². The van der Waals surface area contributed by atoms with Gasteiger partial charge in [0, 0.05) is 25.4 Å². The van der Waals surface area contributed by atoms with Crippen LogP contribution in [0.3, 0.4) is 0 Å². The van der Waals surface area contributed by atoms with E-state index in [1.165, 1.54) is 5.56 Å². The SMILES string of the molecule is CCc1ccc(CC(O)(CC)COC)nc1. The van der Waals surface area contributed by atoms with E-state index in [1.54, 1.807) is 7.11 Å². The lowest BCUT2D eigenvalue weighted by Gasteiger charge is -2.25. The zero-order valence-corrected chi connectivity index (χ0v) is 10.4. The minimum Gasteiger partial charge on any atom is -0.387 e. The summed E-state index contributed by atoms with van der Waals surface area (Å²) in [6.45, 7) is 4.41. The summed E-state index contributed by atoms with van der Waals surface area (Å²) in [6, 6.07) is 4.04. The van der Waals surface area contributed by atoms with Crippen molar-refractivity contribution >= 4 is 0 Å². The number of methoxy groups -OCH3 is 1. The van der Waals surface area contributed by atoms with Crippen LogP contribution in [0.4, 0.5) is 0 Å². The van der Waals surface area contributed by atoms with Gasteiger partial charge in [-0.15, -0.1) is 0 Å². The molecule has 3 nitrogen and oxygen atoms in total. The molecule has 1 atom stereocenters. The highest BCUT2D eigenvalue weighted by atomic mass is 16.5. The standard InChI is InChI=1S/C13H21NO2/c1-4-11-6-7-12(14-9-11)8-13(15,5-2)10-16-3/h6-7,9,15H,4-5,8,10H2,1-3H3. The number of hydrogen-bond acceptors (Lipinski definition) is 3. The molecular formula is C13H21NO2. The first kappa shape index (κ1) is 13.1. The van der Waals surface area contributed by atoms with Crippen molar-refractivity contribution in [2.75, 3.05) is 13.7 Å². The van der Waals surface area contributed by atoms with Crippen molar-refractivity contribution in [1.29, 1.82) is 0 Å². The first-order valence-electron chi connectivity index (χ1n) is 5.78. The summed E-state index contributed by atoms with van der Waals surface area (Å²) >= 11 is 0. The lowest BCUT2D eigenvalue weighted by Crippen LogP contribution is -2.36. The highest BCUT2D eigenvalue weighted by Gasteiger charge is 2.25. The summed E-state index contributed by atoms with van der Waals surface area (Å²) in [5, 5.41) is 10.2. The van der Waals surface area contributed by atoms with E-state index < -0.39 is 5.60 Å². The summed E-state index contributed by atoms with van der Waals surface area (Å²) in [5.74, 6) is 0. The van der Waals surface area contributed by atoms with E-state index in [-0.39, 0.29) is 0 Å². The number of ether oxygens (including phenoxy) is 1. The van der Waals surface area contributed by atoms with Crippen LogP contribution in [0.25, 0.3) is 0 Å². The molecule has 1 rings (SSSR count). The van der Waals surface area contributed by atoms with Crippen LogP contribution in [0.1, 0.15) is 31.5 Å². The normalized spacial score (nSPS) is 14.8. The smallest absolute Gasteiger partial charge is 0.0932 e. The molecule has 0 aromatic carbocycles. The fraction of sp³-hybridized carbons (Fsp3) is 0.615.